The van der Waals surface area contributed by atoms with E-state index in [1.807, 2.05) is 20.8 Å². The van der Waals surface area contributed by atoms with Crippen LogP contribution >= 0.6 is 0 Å². The fourth-order valence-corrected chi connectivity index (χ4v) is 2.93. The van der Waals surface area contributed by atoms with E-state index in [2.05, 4.69) is 4.72 Å². The first-order chi connectivity index (χ1) is 8.99. The quantitative estimate of drug-likeness (QED) is 0.835. The second-order valence-corrected chi connectivity index (χ2v) is 7.45. The highest BCUT2D eigenvalue weighted by atomic mass is 32.2. The van der Waals surface area contributed by atoms with Gasteiger partial charge in [-0.3, -0.25) is 0 Å². The summed E-state index contributed by atoms with van der Waals surface area (Å²) >= 11 is 0. The molecule has 0 aliphatic rings. The molecule has 0 aliphatic heterocycles. The molecule has 0 aromatic heterocycles. The van der Waals surface area contributed by atoms with E-state index in [1.165, 1.54) is 13.2 Å². The SMILES string of the molecule is COc1c(N)cc(S(=O)(=O)NC(C)C(C)(C)C)cc1F. The van der Waals surface area contributed by atoms with Crippen LogP contribution in [-0.4, -0.2) is 21.6 Å². The maximum absolute atomic E-state index is 13.7. The fourth-order valence-electron chi connectivity index (χ4n) is 1.44. The number of benzene rings is 1. The summed E-state index contributed by atoms with van der Waals surface area (Å²) in [6, 6.07) is 1.76. The summed E-state index contributed by atoms with van der Waals surface area (Å²) in [6.07, 6.45) is 0. The third-order valence-electron chi connectivity index (χ3n) is 3.19. The van der Waals surface area contributed by atoms with Crippen molar-refractivity contribution in [1.29, 1.82) is 0 Å². The Balaban J connectivity index is 3.18. The number of nitrogens with two attached hydrogens (primary N) is 1. The molecule has 7 heteroatoms. The smallest absolute Gasteiger partial charge is 0.241 e. The topological polar surface area (TPSA) is 81.4 Å². The Morgan fingerprint density at radius 2 is 1.90 bits per heavy atom. The van der Waals surface area contributed by atoms with Crippen LogP contribution in [0, 0.1) is 11.2 Å². The summed E-state index contributed by atoms with van der Waals surface area (Å²) in [6.45, 7) is 7.47. The molecule has 0 fully saturated rings. The van der Waals surface area contributed by atoms with Gasteiger partial charge < -0.3 is 10.5 Å². The fraction of sp³-hybridized carbons (Fsp3) is 0.538. The molecular formula is C13H21FN2O3S. The molecule has 5 nitrogen and oxygen atoms in total. The number of rotatable bonds is 4. The highest BCUT2D eigenvalue weighted by Crippen LogP contribution is 2.29. The number of hydrogen-bond acceptors (Lipinski definition) is 4. The summed E-state index contributed by atoms with van der Waals surface area (Å²) in [4.78, 5) is -0.218. The number of hydrogen-bond donors (Lipinski definition) is 2. The molecule has 0 bridgehead atoms. The zero-order valence-corrected chi connectivity index (χ0v) is 13.1. The Hall–Kier alpha value is -1.34. The van der Waals surface area contributed by atoms with Crippen LogP contribution in [0.15, 0.2) is 17.0 Å². The molecule has 0 heterocycles. The maximum Gasteiger partial charge on any atom is 0.241 e. The van der Waals surface area contributed by atoms with Crippen LogP contribution in [0.1, 0.15) is 27.7 Å². The van der Waals surface area contributed by atoms with Crippen molar-refractivity contribution in [3.63, 3.8) is 0 Å². The van der Waals surface area contributed by atoms with Crippen LogP contribution in [-0.2, 0) is 10.0 Å². The average molecular weight is 304 g/mol. The van der Waals surface area contributed by atoms with Gasteiger partial charge >= 0.3 is 0 Å². The molecule has 3 N–H and O–H groups in total. The third kappa shape index (κ3) is 3.61. The summed E-state index contributed by atoms with van der Waals surface area (Å²) < 4.78 is 45.4. The van der Waals surface area contributed by atoms with Crippen LogP contribution in [0.25, 0.3) is 0 Å². The van der Waals surface area contributed by atoms with Gasteiger partial charge in [0.05, 0.1) is 17.7 Å². The predicted molar refractivity (Wildman–Crippen MR) is 76.6 cm³/mol. The number of nitrogen functional groups attached to an aromatic ring is 1. The molecule has 0 spiro atoms. The highest BCUT2D eigenvalue weighted by molar-refractivity contribution is 7.89. The van der Waals surface area contributed by atoms with E-state index < -0.39 is 15.8 Å². The number of nitrogens with one attached hydrogen (secondary N) is 1. The Kier molecular flexibility index (Phi) is 4.66. The van der Waals surface area contributed by atoms with Crippen LogP contribution < -0.4 is 15.2 Å². The Labute approximate surface area is 119 Å². The number of sulfonamides is 1. The zero-order chi connectivity index (χ0) is 15.7. The first-order valence-corrected chi connectivity index (χ1v) is 7.62. The monoisotopic (exact) mass is 304 g/mol. The molecular weight excluding hydrogens is 283 g/mol. The van der Waals surface area contributed by atoms with Gasteiger partial charge in [0.1, 0.15) is 0 Å². The van der Waals surface area contributed by atoms with E-state index in [0.717, 1.165) is 6.07 Å². The zero-order valence-electron chi connectivity index (χ0n) is 12.3. The molecule has 0 aliphatic carbocycles. The van der Waals surface area contributed by atoms with Gasteiger partial charge in [0, 0.05) is 6.04 Å². The van der Waals surface area contributed by atoms with E-state index in [9.17, 15) is 12.8 Å². The van der Waals surface area contributed by atoms with Crippen molar-refractivity contribution < 1.29 is 17.5 Å². The third-order valence-corrected chi connectivity index (χ3v) is 4.71. The van der Waals surface area contributed by atoms with Crippen molar-refractivity contribution in [2.24, 2.45) is 5.41 Å². The summed E-state index contributed by atoms with van der Waals surface area (Å²) in [7, 11) is -2.57. The average Bonchev–Trinajstić information content (AvgIpc) is 2.26. The number of ether oxygens (including phenoxy) is 1. The van der Waals surface area contributed by atoms with E-state index in [-0.39, 0.29) is 27.8 Å². The molecule has 0 radical (unpaired) electrons. The van der Waals surface area contributed by atoms with Gasteiger partial charge in [-0.15, -0.1) is 0 Å². The Bertz CT molecular complexity index is 571. The van der Waals surface area contributed by atoms with Crippen molar-refractivity contribution >= 4 is 15.7 Å². The maximum atomic E-state index is 13.7. The summed E-state index contributed by atoms with van der Waals surface area (Å²) in [5, 5.41) is 0. The molecule has 1 aromatic rings. The number of halogens is 1. The lowest BCUT2D eigenvalue weighted by atomic mass is 9.89. The molecule has 1 aromatic carbocycles. The van der Waals surface area contributed by atoms with E-state index >= 15 is 0 Å². The van der Waals surface area contributed by atoms with Crippen molar-refractivity contribution in [2.75, 3.05) is 12.8 Å². The lowest BCUT2D eigenvalue weighted by Gasteiger charge is -2.27. The van der Waals surface area contributed by atoms with E-state index in [0.29, 0.717) is 0 Å². The molecule has 0 amide bonds. The van der Waals surface area contributed by atoms with Gasteiger partial charge in [-0.2, -0.15) is 0 Å². The van der Waals surface area contributed by atoms with Gasteiger partial charge in [-0.25, -0.2) is 17.5 Å². The summed E-state index contributed by atoms with van der Waals surface area (Å²) in [5.41, 5.74) is 5.27. The first-order valence-electron chi connectivity index (χ1n) is 6.14. The molecule has 20 heavy (non-hydrogen) atoms. The Morgan fingerprint density at radius 1 is 1.35 bits per heavy atom. The minimum Gasteiger partial charge on any atom is -0.492 e. The normalized spacial score (nSPS) is 14.1. The molecule has 0 saturated heterocycles. The van der Waals surface area contributed by atoms with Gasteiger partial charge in [0.2, 0.25) is 10.0 Å². The number of methoxy groups -OCH3 is 1. The predicted octanol–water partition coefficient (Wildman–Crippen LogP) is 2.13. The van der Waals surface area contributed by atoms with Crippen molar-refractivity contribution in [3.05, 3.63) is 17.9 Å². The van der Waals surface area contributed by atoms with Crippen LogP contribution in [0.3, 0.4) is 0 Å². The minimum atomic E-state index is -3.84. The van der Waals surface area contributed by atoms with E-state index in [1.54, 1.807) is 6.92 Å². The second kappa shape index (κ2) is 5.57. The van der Waals surface area contributed by atoms with Crippen molar-refractivity contribution in [2.45, 2.75) is 38.6 Å². The van der Waals surface area contributed by atoms with Crippen LogP contribution in [0.5, 0.6) is 5.75 Å². The first kappa shape index (κ1) is 16.7. The van der Waals surface area contributed by atoms with E-state index in [4.69, 9.17) is 10.5 Å². The van der Waals surface area contributed by atoms with Crippen molar-refractivity contribution in [1.82, 2.24) is 4.72 Å². The largest absolute Gasteiger partial charge is 0.492 e. The van der Waals surface area contributed by atoms with Gasteiger partial charge in [0.15, 0.2) is 11.6 Å². The standard InChI is InChI=1S/C13H21FN2O3S/c1-8(13(2,3)4)16-20(17,18)9-6-10(14)12(19-5)11(15)7-9/h6-8,16H,15H2,1-5H3. The molecule has 1 atom stereocenters. The summed E-state index contributed by atoms with van der Waals surface area (Å²) in [5.74, 6) is -0.968. The Morgan fingerprint density at radius 3 is 2.30 bits per heavy atom. The molecule has 1 rings (SSSR count). The lowest BCUT2D eigenvalue weighted by molar-refractivity contribution is 0.317. The molecule has 0 saturated carbocycles. The minimum absolute atomic E-state index is 0.0590. The van der Waals surface area contributed by atoms with Gasteiger partial charge in [-0.05, 0) is 24.5 Å². The van der Waals surface area contributed by atoms with Crippen LogP contribution in [0.4, 0.5) is 10.1 Å². The van der Waals surface area contributed by atoms with Gasteiger partial charge in [0.25, 0.3) is 0 Å². The van der Waals surface area contributed by atoms with Crippen LogP contribution in [0.2, 0.25) is 0 Å². The van der Waals surface area contributed by atoms with Crippen molar-refractivity contribution in [3.8, 4) is 5.75 Å². The lowest BCUT2D eigenvalue weighted by Crippen LogP contribution is -2.41. The van der Waals surface area contributed by atoms with Gasteiger partial charge in [-0.1, -0.05) is 20.8 Å². The highest BCUT2D eigenvalue weighted by Gasteiger charge is 2.27. The number of anilines is 1. The molecule has 1 unspecified atom stereocenters. The molecule has 114 valence electrons. The second-order valence-electron chi connectivity index (χ2n) is 5.74.